The number of hydrogen-bond donors (Lipinski definition) is 0. The van der Waals surface area contributed by atoms with Crippen molar-refractivity contribution in [2.24, 2.45) is 7.05 Å². The van der Waals surface area contributed by atoms with Gasteiger partial charge in [0.05, 0.1) is 18.7 Å². The van der Waals surface area contributed by atoms with Crippen LogP contribution in [0.25, 0.3) is 0 Å². The van der Waals surface area contributed by atoms with E-state index in [1.54, 1.807) is 46.2 Å². The lowest BCUT2D eigenvalue weighted by molar-refractivity contribution is -0.137. The average Bonchev–Trinajstić information content (AvgIpc) is 2.93. The van der Waals surface area contributed by atoms with Gasteiger partial charge >= 0.3 is 12.1 Å². The van der Waals surface area contributed by atoms with Crippen LogP contribution in [-0.2, 0) is 18.0 Å². The summed E-state index contributed by atoms with van der Waals surface area (Å²) in [5.41, 5.74) is 0.405. The summed E-state index contributed by atoms with van der Waals surface area (Å²) in [4.78, 5) is 39.7. The molecule has 1 aromatic carbocycles. The zero-order valence-corrected chi connectivity index (χ0v) is 19.0. The largest absolute Gasteiger partial charge is 0.461 e. The van der Waals surface area contributed by atoms with Crippen molar-refractivity contribution in [3.8, 4) is 0 Å². The summed E-state index contributed by atoms with van der Waals surface area (Å²) < 4.78 is 45.8. The number of hydrogen-bond acceptors (Lipinski definition) is 4. The molecule has 1 heterocycles. The number of nitrogens with zero attached hydrogens (tertiary/aromatic N) is 2. The molecule has 0 aliphatic heterocycles. The van der Waals surface area contributed by atoms with Gasteiger partial charge in [0.25, 0.3) is 5.91 Å². The molecule has 0 N–H and O–H groups in total. The summed E-state index contributed by atoms with van der Waals surface area (Å²) in [5.74, 6) is -1.66. The normalized spacial score (nSPS) is 11.6. The Balaban J connectivity index is 2.39. The highest BCUT2D eigenvalue weighted by atomic mass is 19.4. The predicted molar refractivity (Wildman–Crippen MR) is 113 cm³/mol. The van der Waals surface area contributed by atoms with Gasteiger partial charge in [-0.25, -0.2) is 4.79 Å². The molecule has 0 saturated carbocycles. The first-order valence-electron chi connectivity index (χ1n) is 10.2. The van der Waals surface area contributed by atoms with E-state index in [1.165, 1.54) is 11.0 Å². The fourth-order valence-corrected chi connectivity index (χ4v) is 3.59. The van der Waals surface area contributed by atoms with Crippen molar-refractivity contribution in [3.63, 3.8) is 0 Å². The number of Topliss-reactive ketones (excluding diaryl/α,β-unsaturated/α-hetero) is 1. The van der Waals surface area contributed by atoms with Crippen molar-refractivity contribution < 1.29 is 32.3 Å². The number of aromatic nitrogens is 1. The summed E-state index contributed by atoms with van der Waals surface area (Å²) in [6.07, 6.45) is -4.59. The molecule has 6 nitrogen and oxygen atoms in total. The minimum absolute atomic E-state index is 0.157. The van der Waals surface area contributed by atoms with Crippen LogP contribution in [0.2, 0.25) is 0 Å². The Morgan fingerprint density at radius 1 is 1.16 bits per heavy atom. The molecule has 9 heteroatoms. The summed E-state index contributed by atoms with van der Waals surface area (Å²) in [5, 5.41) is 0. The van der Waals surface area contributed by atoms with Gasteiger partial charge in [-0.3, -0.25) is 9.59 Å². The van der Waals surface area contributed by atoms with E-state index in [0.29, 0.717) is 11.3 Å². The van der Waals surface area contributed by atoms with E-state index in [-0.39, 0.29) is 30.0 Å². The number of benzene rings is 1. The van der Waals surface area contributed by atoms with E-state index < -0.39 is 35.4 Å². The molecule has 0 fully saturated rings. The molecule has 1 aromatic heterocycles. The van der Waals surface area contributed by atoms with Crippen LogP contribution >= 0.6 is 0 Å². The van der Waals surface area contributed by atoms with Crippen molar-refractivity contribution in [2.75, 3.05) is 13.2 Å². The smallest absolute Gasteiger partial charge is 0.416 e. The number of ketones is 1. The molecule has 0 saturated heterocycles. The number of ether oxygens (including phenoxy) is 1. The highest BCUT2D eigenvalue weighted by Gasteiger charge is 2.32. The van der Waals surface area contributed by atoms with Crippen LogP contribution < -0.4 is 0 Å². The minimum Gasteiger partial charge on any atom is -0.461 e. The van der Waals surface area contributed by atoms with Crippen LogP contribution in [-0.4, -0.2) is 46.3 Å². The molecular formula is C23H27F3N2O4. The molecule has 2 aromatic rings. The van der Waals surface area contributed by atoms with Crippen LogP contribution in [0.15, 0.2) is 24.3 Å². The molecule has 0 aliphatic carbocycles. The summed E-state index contributed by atoms with van der Waals surface area (Å²) in [7, 11) is 1.64. The van der Waals surface area contributed by atoms with Gasteiger partial charge in [0.15, 0.2) is 5.78 Å². The lowest BCUT2D eigenvalue weighted by atomic mass is 10.0. The second-order valence-corrected chi connectivity index (χ2v) is 7.74. The maximum Gasteiger partial charge on any atom is 0.416 e. The lowest BCUT2D eigenvalue weighted by Gasteiger charge is -2.26. The number of esters is 1. The van der Waals surface area contributed by atoms with Crippen molar-refractivity contribution in [2.45, 2.75) is 46.8 Å². The third-order valence-electron chi connectivity index (χ3n) is 5.31. The lowest BCUT2D eigenvalue weighted by Crippen LogP contribution is -2.41. The molecule has 174 valence electrons. The van der Waals surface area contributed by atoms with Crippen molar-refractivity contribution in [1.29, 1.82) is 0 Å². The highest BCUT2D eigenvalue weighted by molar-refractivity contribution is 6.06. The zero-order valence-electron chi connectivity index (χ0n) is 19.0. The highest BCUT2D eigenvalue weighted by Crippen LogP contribution is 2.30. The van der Waals surface area contributed by atoms with Crippen LogP contribution in [0.5, 0.6) is 0 Å². The average molecular weight is 452 g/mol. The third-order valence-corrected chi connectivity index (χ3v) is 5.31. The Morgan fingerprint density at radius 3 is 2.31 bits per heavy atom. The standard InChI is InChI=1S/C23H27F3N2O4/c1-7-32-22(31)20-14(4)19(15(5)27(20)6)18(29)12-28(13(2)3)21(30)16-9-8-10-17(11-16)23(24,25)26/h8-11,13H,7,12H2,1-6H3. The van der Waals surface area contributed by atoms with Crippen LogP contribution in [0.3, 0.4) is 0 Å². The second-order valence-electron chi connectivity index (χ2n) is 7.74. The number of carbonyl (C=O) groups is 3. The van der Waals surface area contributed by atoms with Gasteiger partial charge in [0.2, 0.25) is 0 Å². The molecule has 1 amide bonds. The van der Waals surface area contributed by atoms with E-state index in [9.17, 15) is 27.6 Å². The SMILES string of the molecule is CCOC(=O)c1c(C)c(C(=O)CN(C(=O)c2cccc(C(F)(F)F)c2)C(C)C)c(C)n1C. The molecule has 0 spiro atoms. The van der Waals surface area contributed by atoms with E-state index in [0.717, 1.165) is 18.2 Å². The third kappa shape index (κ3) is 5.03. The first kappa shape index (κ1) is 25.2. The van der Waals surface area contributed by atoms with Gasteiger partial charge in [-0.1, -0.05) is 6.07 Å². The minimum atomic E-state index is -4.59. The Morgan fingerprint density at radius 2 is 1.78 bits per heavy atom. The Hall–Kier alpha value is -3.10. The van der Waals surface area contributed by atoms with Crippen molar-refractivity contribution in [3.05, 3.63) is 57.9 Å². The fraction of sp³-hybridized carbons (Fsp3) is 0.435. The molecule has 2 rings (SSSR count). The van der Waals surface area contributed by atoms with Gasteiger partial charge in [0, 0.05) is 29.9 Å². The van der Waals surface area contributed by atoms with E-state index in [2.05, 4.69) is 0 Å². The van der Waals surface area contributed by atoms with Crippen molar-refractivity contribution in [1.82, 2.24) is 9.47 Å². The monoisotopic (exact) mass is 452 g/mol. The number of rotatable bonds is 7. The predicted octanol–water partition coefficient (Wildman–Crippen LogP) is 4.57. The molecular weight excluding hydrogens is 425 g/mol. The van der Waals surface area contributed by atoms with E-state index in [4.69, 9.17) is 4.74 Å². The topological polar surface area (TPSA) is 68.6 Å². The van der Waals surface area contributed by atoms with E-state index in [1.807, 2.05) is 0 Å². The van der Waals surface area contributed by atoms with Gasteiger partial charge in [-0.05, 0) is 58.4 Å². The summed E-state index contributed by atoms with van der Waals surface area (Å²) >= 11 is 0. The van der Waals surface area contributed by atoms with Gasteiger partial charge in [-0.2, -0.15) is 13.2 Å². The van der Waals surface area contributed by atoms with Crippen LogP contribution in [0.4, 0.5) is 13.2 Å². The molecule has 0 aliphatic rings. The summed E-state index contributed by atoms with van der Waals surface area (Å²) in [6.45, 7) is 8.16. The quantitative estimate of drug-likeness (QED) is 0.456. The first-order valence-corrected chi connectivity index (χ1v) is 10.2. The zero-order chi connectivity index (χ0) is 24.4. The number of alkyl halides is 3. The summed E-state index contributed by atoms with van der Waals surface area (Å²) in [6, 6.07) is 3.66. The van der Waals surface area contributed by atoms with Gasteiger partial charge in [0.1, 0.15) is 5.69 Å². The number of halogens is 3. The maximum absolute atomic E-state index is 13.2. The van der Waals surface area contributed by atoms with Crippen LogP contribution in [0.1, 0.15) is 68.8 Å². The molecule has 0 atom stereocenters. The van der Waals surface area contributed by atoms with Gasteiger partial charge in [-0.15, -0.1) is 0 Å². The van der Waals surface area contributed by atoms with Crippen LogP contribution in [0, 0.1) is 13.8 Å². The molecule has 32 heavy (non-hydrogen) atoms. The number of amides is 1. The Kier molecular flexibility index (Phi) is 7.54. The van der Waals surface area contributed by atoms with Crippen molar-refractivity contribution >= 4 is 17.7 Å². The molecule has 0 radical (unpaired) electrons. The number of carbonyl (C=O) groups excluding carboxylic acids is 3. The fourth-order valence-electron chi connectivity index (χ4n) is 3.59. The first-order chi connectivity index (χ1) is 14.8. The van der Waals surface area contributed by atoms with E-state index >= 15 is 0 Å². The maximum atomic E-state index is 13.2. The molecule has 0 bridgehead atoms. The second kappa shape index (κ2) is 9.58. The molecule has 0 unspecified atom stereocenters. The van der Waals surface area contributed by atoms with Gasteiger partial charge < -0.3 is 14.2 Å². The Labute approximate surface area is 185 Å². The Bertz CT molecular complexity index is 1040.